The standard InChI is InChI=1S/C23H21N5O/c1-26-16-25-28(17-26)27(15-18-7-11-22(29)12-8-18)21-10-9-20(14-24)23(13-21)19-5-3-2-4-6-19/h2-13,16,29H,15,17H2,1H3. The van der Waals surface area contributed by atoms with Crippen LogP contribution < -0.4 is 5.01 Å². The summed E-state index contributed by atoms with van der Waals surface area (Å²) in [6.45, 7) is 1.20. The molecule has 0 saturated carbocycles. The number of nitrogens with zero attached hydrogens (tertiary/aromatic N) is 5. The first-order valence-corrected chi connectivity index (χ1v) is 9.31. The van der Waals surface area contributed by atoms with Crippen LogP contribution in [0.25, 0.3) is 11.1 Å². The Morgan fingerprint density at radius 3 is 2.48 bits per heavy atom. The number of benzene rings is 3. The van der Waals surface area contributed by atoms with Gasteiger partial charge >= 0.3 is 0 Å². The van der Waals surface area contributed by atoms with Crippen molar-refractivity contribution in [2.45, 2.75) is 6.54 Å². The fourth-order valence-corrected chi connectivity index (χ4v) is 3.29. The van der Waals surface area contributed by atoms with Gasteiger partial charge in [-0.2, -0.15) is 10.4 Å². The van der Waals surface area contributed by atoms with Crippen molar-refractivity contribution in [1.82, 2.24) is 10.0 Å². The van der Waals surface area contributed by atoms with Gasteiger partial charge in [0.05, 0.1) is 23.9 Å². The van der Waals surface area contributed by atoms with E-state index < -0.39 is 0 Å². The lowest BCUT2D eigenvalue weighted by Gasteiger charge is -2.33. The highest BCUT2D eigenvalue weighted by Gasteiger charge is 2.21. The van der Waals surface area contributed by atoms with E-state index in [1.54, 1.807) is 18.5 Å². The molecule has 29 heavy (non-hydrogen) atoms. The number of hydrazone groups is 1. The lowest BCUT2D eigenvalue weighted by molar-refractivity contribution is 0.227. The molecule has 1 aliphatic heterocycles. The summed E-state index contributed by atoms with van der Waals surface area (Å²) in [5.74, 6) is 0.240. The van der Waals surface area contributed by atoms with Crippen molar-refractivity contribution in [2.24, 2.45) is 5.10 Å². The molecule has 0 fully saturated rings. The number of anilines is 1. The zero-order chi connectivity index (χ0) is 20.2. The van der Waals surface area contributed by atoms with Crippen molar-refractivity contribution in [3.05, 3.63) is 83.9 Å². The van der Waals surface area contributed by atoms with Gasteiger partial charge in [-0.25, -0.2) is 0 Å². The summed E-state index contributed by atoms with van der Waals surface area (Å²) in [6.07, 6.45) is 1.78. The predicted octanol–water partition coefficient (Wildman–Crippen LogP) is 4.00. The van der Waals surface area contributed by atoms with Crippen molar-refractivity contribution in [1.29, 1.82) is 5.26 Å². The van der Waals surface area contributed by atoms with Gasteiger partial charge in [0, 0.05) is 12.6 Å². The van der Waals surface area contributed by atoms with Crippen molar-refractivity contribution in [3.8, 4) is 22.9 Å². The maximum Gasteiger partial charge on any atom is 0.130 e. The second kappa shape index (κ2) is 7.95. The minimum atomic E-state index is 0.240. The Bertz CT molecular complexity index is 1060. The minimum absolute atomic E-state index is 0.240. The van der Waals surface area contributed by atoms with Crippen LogP contribution in [0.5, 0.6) is 5.75 Å². The number of rotatable bonds is 5. The Kier molecular flexibility index (Phi) is 5.04. The van der Waals surface area contributed by atoms with Gasteiger partial charge in [-0.1, -0.05) is 42.5 Å². The molecule has 0 spiro atoms. The molecule has 6 nitrogen and oxygen atoms in total. The van der Waals surface area contributed by atoms with E-state index in [-0.39, 0.29) is 5.75 Å². The van der Waals surface area contributed by atoms with Crippen molar-refractivity contribution in [3.63, 3.8) is 0 Å². The summed E-state index contributed by atoms with van der Waals surface area (Å²) in [5, 5.41) is 27.6. The van der Waals surface area contributed by atoms with E-state index >= 15 is 0 Å². The summed E-state index contributed by atoms with van der Waals surface area (Å²) in [5.41, 5.74) is 4.49. The molecule has 4 rings (SSSR count). The molecule has 0 radical (unpaired) electrons. The zero-order valence-corrected chi connectivity index (χ0v) is 16.1. The van der Waals surface area contributed by atoms with Crippen molar-refractivity contribution >= 4 is 12.0 Å². The molecular formula is C23H21N5O. The topological polar surface area (TPSA) is 66.1 Å². The fraction of sp³-hybridized carbons (Fsp3) is 0.130. The smallest absolute Gasteiger partial charge is 0.130 e. The molecular weight excluding hydrogens is 362 g/mol. The second-order valence-electron chi connectivity index (χ2n) is 6.93. The molecule has 0 aromatic heterocycles. The third-order valence-corrected chi connectivity index (χ3v) is 4.79. The molecule has 0 unspecified atom stereocenters. The molecule has 1 N–H and O–H groups in total. The van der Waals surface area contributed by atoms with E-state index in [0.717, 1.165) is 22.4 Å². The molecule has 1 aliphatic rings. The quantitative estimate of drug-likeness (QED) is 0.721. The zero-order valence-electron chi connectivity index (χ0n) is 16.1. The number of nitriles is 1. The Morgan fingerprint density at radius 2 is 1.83 bits per heavy atom. The number of hydrogen-bond acceptors (Lipinski definition) is 6. The summed E-state index contributed by atoms with van der Waals surface area (Å²) in [4.78, 5) is 1.99. The van der Waals surface area contributed by atoms with E-state index in [1.165, 1.54) is 0 Å². The predicted molar refractivity (Wildman–Crippen MR) is 114 cm³/mol. The summed E-state index contributed by atoms with van der Waals surface area (Å²) < 4.78 is 0. The Hall–Kier alpha value is -3.98. The van der Waals surface area contributed by atoms with Crippen LogP contribution in [0, 0.1) is 11.3 Å². The fourth-order valence-electron chi connectivity index (χ4n) is 3.29. The summed E-state index contributed by atoms with van der Waals surface area (Å²) >= 11 is 0. The number of aromatic hydroxyl groups is 1. The van der Waals surface area contributed by atoms with Crippen LogP contribution in [-0.4, -0.2) is 35.2 Å². The lowest BCUT2D eigenvalue weighted by atomic mass is 9.99. The van der Waals surface area contributed by atoms with Gasteiger partial charge in [-0.3, -0.25) is 5.01 Å². The highest BCUT2D eigenvalue weighted by Crippen LogP contribution is 2.30. The highest BCUT2D eigenvalue weighted by atomic mass is 16.3. The first kappa shape index (κ1) is 18.4. The molecule has 3 aromatic carbocycles. The summed E-state index contributed by atoms with van der Waals surface area (Å²) in [6, 6.07) is 25.2. The maximum absolute atomic E-state index is 9.59. The molecule has 0 atom stereocenters. The number of phenolic OH excluding ortho intramolecular Hbond substituents is 1. The van der Waals surface area contributed by atoms with Gasteiger partial charge in [-0.05, 0) is 41.5 Å². The molecule has 0 bridgehead atoms. The van der Waals surface area contributed by atoms with E-state index in [0.29, 0.717) is 18.8 Å². The molecule has 0 aliphatic carbocycles. The molecule has 144 valence electrons. The second-order valence-corrected chi connectivity index (χ2v) is 6.93. The molecule has 0 amide bonds. The third kappa shape index (κ3) is 3.99. The van der Waals surface area contributed by atoms with E-state index in [2.05, 4.69) is 16.2 Å². The number of phenols is 1. The number of hydrazine groups is 1. The van der Waals surface area contributed by atoms with E-state index in [4.69, 9.17) is 0 Å². The first-order valence-electron chi connectivity index (χ1n) is 9.31. The van der Waals surface area contributed by atoms with Crippen LogP contribution in [0.1, 0.15) is 11.1 Å². The molecule has 0 saturated heterocycles. The van der Waals surface area contributed by atoms with Gasteiger partial charge in [0.1, 0.15) is 18.8 Å². The van der Waals surface area contributed by atoms with Gasteiger partial charge in [-0.15, -0.1) is 5.10 Å². The Balaban J connectivity index is 1.75. The van der Waals surface area contributed by atoms with Gasteiger partial charge in [0.2, 0.25) is 0 Å². The average Bonchev–Trinajstić information content (AvgIpc) is 3.19. The van der Waals surface area contributed by atoms with Crippen LogP contribution in [0.3, 0.4) is 0 Å². The normalized spacial score (nSPS) is 12.8. The van der Waals surface area contributed by atoms with Crippen molar-refractivity contribution < 1.29 is 5.11 Å². The Labute approximate surface area is 170 Å². The van der Waals surface area contributed by atoms with E-state index in [9.17, 15) is 10.4 Å². The highest BCUT2D eigenvalue weighted by molar-refractivity contribution is 5.74. The van der Waals surface area contributed by atoms with Gasteiger partial charge in [0.25, 0.3) is 0 Å². The summed E-state index contributed by atoms with van der Waals surface area (Å²) in [7, 11) is 1.97. The monoisotopic (exact) mass is 383 g/mol. The number of hydrogen-bond donors (Lipinski definition) is 1. The molecule has 1 heterocycles. The average molecular weight is 383 g/mol. The van der Waals surface area contributed by atoms with E-state index in [1.807, 2.05) is 77.7 Å². The SMILES string of the molecule is CN1C=NN(N(Cc2ccc(O)cc2)c2ccc(C#N)c(-c3ccccc3)c2)C1. The van der Waals surface area contributed by atoms with Crippen LogP contribution in [0.15, 0.2) is 77.9 Å². The largest absolute Gasteiger partial charge is 0.508 e. The molecule has 3 aromatic rings. The van der Waals surface area contributed by atoms with Crippen LogP contribution in [-0.2, 0) is 6.54 Å². The van der Waals surface area contributed by atoms with Crippen molar-refractivity contribution in [2.75, 3.05) is 18.7 Å². The maximum atomic E-state index is 9.59. The third-order valence-electron chi connectivity index (χ3n) is 4.79. The first-order chi connectivity index (χ1) is 14.1. The van der Waals surface area contributed by atoms with Gasteiger partial charge < -0.3 is 10.0 Å². The van der Waals surface area contributed by atoms with Gasteiger partial charge in [0.15, 0.2) is 0 Å². The van der Waals surface area contributed by atoms with Crippen LogP contribution in [0.2, 0.25) is 0 Å². The van der Waals surface area contributed by atoms with Crippen LogP contribution >= 0.6 is 0 Å². The minimum Gasteiger partial charge on any atom is -0.508 e. The van der Waals surface area contributed by atoms with Crippen LogP contribution in [0.4, 0.5) is 5.69 Å². The Morgan fingerprint density at radius 1 is 1.07 bits per heavy atom. The molecule has 6 heteroatoms. The lowest BCUT2D eigenvalue weighted by Crippen LogP contribution is -2.40.